The molecule has 0 unspecified atom stereocenters. The molecule has 0 aromatic rings. The molecule has 0 saturated heterocycles. The van der Waals surface area contributed by atoms with E-state index in [4.69, 9.17) is 10.2 Å². The van der Waals surface area contributed by atoms with Gasteiger partial charge in [-0.05, 0) is 6.92 Å². The number of allylic oxidation sites excluding steroid dienone is 1. The van der Waals surface area contributed by atoms with Crippen LogP contribution in [0.5, 0.6) is 0 Å². The Balaban J connectivity index is 3.14. The van der Waals surface area contributed by atoms with Crippen LogP contribution in [0.3, 0.4) is 0 Å². The second-order valence-electron chi connectivity index (χ2n) is 0.770. The molecule has 0 fully saturated rings. The van der Waals surface area contributed by atoms with Crippen LogP contribution in [0.25, 0.3) is 0 Å². The molecule has 0 aliphatic rings. The fraction of sp³-hybridized carbons (Fsp3) is 0.333. The first-order valence-electron chi connectivity index (χ1n) is 1.27. The molecule has 5 heavy (non-hydrogen) atoms. The molecule has 30 valence electrons. The van der Waals surface area contributed by atoms with Crippen molar-refractivity contribution in [2.24, 2.45) is 0 Å². The van der Waals surface area contributed by atoms with Crippen molar-refractivity contribution < 1.29 is 10.2 Å². The minimum absolute atomic E-state index is 0.0648. The first kappa shape index (κ1) is 4.34. The summed E-state index contributed by atoms with van der Waals surface area (Å²) in [5.74, 6) is -0.0648. The van der Waals surface area contributed by atoms with Crippen LogP contribution in [0.15, 0.2) is 12.0 Å². The molecule has 0 rings (SSSR count). The lowest BCUT2D eigenvalue weighted by atomic mass is 10.7. The summed E-state index contributed by atoms with van der Waals surface area (Å²) in [6, 6.07) is 0. The van der Waals surface area contributed by atoms with E-state index in [1.807, 2.05) is 0 Å². The summed E-state index contributed by atoms with van der Waals surface area (Å²) in [6.45, 7) is 1.39. The lowest BCUT2D eigenvalue weighted by Gasteiger charge is -1.74. The first-order valence-corrected chi connectivity index (χ1v) is 1.27. The predicted octanol–water partition coefficient (Wildman–Crippen LogP) is 0.964. The molecule has 0 spiro atoms. The van der Waals surface area contributed by atoms with E-state index >= 15 is 0 Å². The molecule has 0 saturated carbocycles. The van der Waals surface area contributed by atoms with Crippen molar-refractivity contribution in [2.45, 2.75) is 6.92 Å². The monoisotopic (exact) mass is 74.0 g/mol. The average molecular weight is 74.1 g/mol. The van der Waals surface area contributed by atoms with Crippen LogP contribution >= 0.6 is 0 Å². The third kappa shape index (κ3) is 3.34. The Hall–Kier alpha value is -0.660. The van der Waals surface area contributed by atoms with E-state index in [9.17, 15) is 0 Å². The van der Waals surface area contributed by atoms with E-state index in [1.54, 1.807) is 0 Å². The molecule has 0 aromatic heterocycles. The van der Waals surface area contributed by atoms with Gasteiger partial charge in [0.1, 0.15) is 12.0 Å². The lowest BCUT2D eigenvalue weighted by Crippen LogP contribution is -1.63. The molecule has 0 aromatic carbocycles. The quantitative estimate of drug-likeness (QED) is 0.420. The molecule has 0 heterocycles. The van der Waals surface area contributed by atoms with Gasteiger partial charge in [-0.25, -0.2) is 0 Å². The predicted molar refractivity (Wildman–Crippen MR) is 19.0 cm³/mol. The van der Waals surface area contributed by atoms with Crippen LogP contribution in [0.1, 0.15) is 6.92 Å². The van der Waals surface area contributed by atoms with Crippen molar-refractivity contribution in [3.05, 3.63) is 12.0 Å². The minimum Gasteiger partial charge on any atom is -0.512 e. The molecule has 2 nitrogen and oxygen atoms in total. The zero-order valence-electron chi connectivity index (χ0n) is 2.97. The van der Waals surface area contributed by atoms with Crippen LogP contribution in [-0.2, 0) is 0 Å². The van der Waals surface area contributed by atoms with Gasteiger partial charge in [0.2, 0.25) is 0 Å². The third-order valence-electron chi connectivity index (χ3n) is 0.187. The lowest BCUT2D eigenvalue weighted by molar-refractivity contribution is 0.363. The van der Waals surface area contributed by atoms with Crippen LogP contribution in [0, 0.1) is 0 Å². The Kier molecular flexibility index (Phi) is 1.42. The summed E-state index contributed by atoms with van der Waals surface area (Å²) in [5, 5.41) is 15.7. The average Bonchev–Trinajstić information content (AvgIpc) is 1.38. The fourth-order valence-electron chi connectivity index (χ4n) is 0. The Bertz CT molecular complexity index is 42.9. The summed E-state index contributed by atoms with van der Waals surface area (Å²) in [6.07, 6.45) is 0.639. The summed E-state index contributed by atoms with van der Waals surface area (Å²) in [4.78, 5) is 0. The standard InChI is InChI=1S/C3H6O2/c1-3(5)2-4/h2,4-5H,1H3/b3-2-. The van der Waals surface area contributed by atoms with E-state index in [0.717, 1.165) is 0 Å². The van der Waals surface area contributed by atoms with Crippen molar-refractivity contribution in [2.75, 3.05) is 0 Å². The van der Waals surface area contributed by atoms with Gasteiger partial charge < -0.3 is 10.2 Å². The SMILES string of the molecule is C/C(O)=C/O. The topological polar surface area (TPSA) is 40.5 Å². The van der Waals surface area contributed by atoms with E-state index in [0.29, 0.717) is 6.26 Å². The number of aliphatic hydroxyl groups excluding tert-OH is 2. The van der Waals surface area contributed by atoms with Crippen molar-refractivity contribution in [3.63, 3.8) is 0 Å². The van der Waals surface area contributed by atoms with Crippen molar-refractivity contribution in [3.8, 4) is 0 Å². The van der Waals surface area contributed by atoms with E-state index in [2.05, 4.69) is 0 Å². The minimum atomic E-state index is -0.0648. The summed E-state index contributed by atoms with van der Waals surface area (Å²) >= 11 is 0. The van der Waals surface area contributed by atoms with Crippen LogP contribution in [0.2, 0.25) is 0 Å². The van der Waals surface area contributed by atoms with E-state index < -0.39 is 0 Å². The molecular formula is C3H6O2. The molecule has 0 radical (unpaired) electrons. The molecule has 2 N–H and O–H groups in total. The van der Waals surface area contributed by atoms with Crippen molar-refractivity contribution in [1.82, 2.24) is 0 Å². The van der Waals surface area contributed by atoms with Gasteiger partial charge in [0, 0.05) is 0 Å². The highest BCUT2D eigenvalue weighted by atomic mass is 16.3. The van der Waals surface area contributed by atoms with Crippen molar-refractivity contribution in [1.29, 1.82) is 0 Å². The maximum Gasteiger partial charge on any atom is 0.123 e. The summed E-state index contributed by atoms with van der Waals surface area (Å²) in [5.41, 5.74) is 0. The summed E-state index contributed by atoms with van der Waals surface area (Å²) in [7, 11) is 0. The maximum atomic E-state index is 7.97. The number of aliphatic hydroxyl groups is 2. The largest absolute Gasteiger partial charge is 0.512 e. The van der Waals surface area contributed by atoms with Gasteiger partial charge in [-0.1, -0.05) is 0 Å². The van der Waals surface area contributed by atoms with Gasteiger partial charge in [0.15, 0.2) is 0 Å². The highest BCUT2D eigenvalue weighted by Gasteiger charge is 1.66. The fourth-order valence-corrected chi connectivity index (χ4v) is 0. The van der Waals surface area contributed by atoms with Gasteiger partial charge in [-0.3, -0.25) is 0 Å². The molecule has 0 aliphatic carbocycles. The Morgan fingerprint density at radius 3 is 2.00 bits per heavy atom. The van der Waals surface area contributed by atoms with Gasteiger partial charge >= 0.3 is 0 Å². The summed E-state index contributed by atoms with van der Waals surface area (Å²) < 4.78 is 0. The van der Waals surface area contributed by atoms with Crippen LogP contribution in [-0.4, -0.2) is 10.2 Å². The highest BCUT2D eigenvalue weighted by Crippen LogP contribution is 1.74. The number of rotatable bonds is 0. The van der Waals surface area contributed by atoms with Crippen molar-refractivity contribution >= 4 is 0 Å². The third-order valence-corrected chi connectivity index (χ3v) is 0.187. The molecule has 0 bridgehead atoms. The first-order chi connectivity index (χ1) is 2.27. The van der Waals surface area contributed by atoms with Gasteiger partial charge in [0.05, 0.1) is 0 Å². The number of hydrogen-bond acceptors (Lipinski definition) is 2. The molecule has 0 atom stereocenters. The Morgan fingerprint density at radius 1 is 1.80 bits per heavy atom. The smallest absolute Gasteiger partial charge is 0.123 e. The molecule has 0 aliphatic heterocycles. The second kappa shape index (κ2) is 1.64. The highest BCUT2D eigenvalue weighted by molar-refractivity contribution is 4.74. The Labute approximate surface area is 30.4 Å². The van der Waals surface area contributed by atoms with Gasteiger partial charge in [-0.15, -0.1) is 0 Å². The zero-order chi connectivity index (χ0) is 4.28. The van der Waals surface area contributed by atoms with Gasteiger partial charge in [-0.2, -0.15) is 0 Å². The molecule has 2 heteroatoms. The van der Waals surface area contributed by atoms with Gasteiger partial charge in [0.25, 0.3) is 0 Å². The maximum absolute atomic E-state index is 7.97. The van der Waals surface area contributed by atoms with E-state index in [1.165, 1.54) is 6.92 Å². The zero-order valence-corrected chi connectivity index (χ0v) is 2.97. The molecular weight excluding hydrogens is 68.0 g/mol. The number of hydrogen-bond donors (Lipinski definition) is 2. The second-order valence-corrected chi connectivity index (χ2v) is 0.770. The Morgan fingerprint density at radius 2 is 2.00 bits per heavy atom. The normalized spacial score (nSPS) is 11.8. The van der Waals surface area contributed by atoms with Crippen LogP contribution in [0.4, 0.5) is 0 Å². The van der Waals surface area contributed by atoms with Crippen LogP contribution < -0.4 is 0 Å². The van der Waals surface area contributed by atoms with E-state index in [-0.39, 0.29) is 5.76 Å². The molecule has 0 amide bonds.